The minimum Gasteiger partial charge on any atom is -0.379 e. The van der Waals surface area contributed by atoms with Crippen LogP contribution in [0.2, 0.25) is 0 Å². The van der Waals surface area contributed by atoms with Crippen molar-refractivity contribution in [2.45, 2.75) is 25.3 Å². The molecule has 2 heterocycles. The van der Waals surface area contributed by atoms with Crippen LogP contribution in [0.5, 0.6) is 0 Å². The first-order chi connectivity index (χ1) is 8.59. The Hall–Kier alpha value is -0.700. The SMILES string of the molecule is O=C1NCCCCC1NS(=O)(=O)N1CCOCC1. The van der Waals surface area contributed by atoms with Crippen LogP contribution in [-0.2, 0) is 19.7 Å². The zero-order chi connectivity index (χ0) is 13.0. The van der Waals surface area contributed by atoms with Gasteiger partial charge in [0, 0.05) is 19.6 Å². The molecule has 2 aliphatic heterocycles. The Labute approximate surface area is 107 Å². The topological polar surface area (TPSA) is 87.7 Å². The van der Waals surface area contributed by atoms with Crippen molar-refractivity contribution in [3.05, 3.63) is 0 Å². The maximum Gasteiger partial charge on any atom is 0.280 e. The third kappa shape index (κ3) is 3.41. The standard InChI is InChI=1S/C10H19N3O4S/c14-10-9(3-1-2-4-11-10)12-18(15,16)13-5-7-17-8-6-13/h9,12H,1-8H2,(H,11,14). The van der Waals surface area contributed by atoms with Gasteiger partial charge in [0.15, 0.2) is 0 Å². The minimum atomic E-state index is -3.59. The molecule has 2 aliphatic rings. The van der Waals surface area contributed by atoms with Gasteiger partial charge in [0.1, 0.15) is 6.04 Å². The largest absolute Gasteiger partial charge is 0.379 e. The van der Waals surface area contributed by atoms with Gasteiger partial charge in [-0.15, -0.1) is 0 Å². The van der Waals surface area contributed by atoms with Gasteiger partial charge in [-0.2, -0.15) is 17.4 Å². The number of carbonyl (C=O) groups is 1. The van der Waals surface area contributed by atoms with Crippen molar-refractivity contribution in [3.8, 4) is 0 Å². The predicted octanol–water partition coefficient (Wildman–Crippen LogP) is -1.18. The minimum absolute atomic E-state index is 0.232. The normalized spacial score (nSPS) is 27.6. The van der Waals surface area contributed by atoms with E-state index < -0.39 is 16.3 Å². The second-order valence-electron chi connectivity index (χ2n) is 4.47. The van der Waals surface area contributed by atoms with Crippen molar-refractivity contribution in [1.29, 1.82) is 0 Å². The molecule has 7 nitrogen and oxygen atoms in total. The number of hydrogen-bond donors (Lipinski definition) is 2. The summed E-state index contributed by atoms with van der Waals surface area (Å²) in [7, 11) is -3.59. The maximum absolute atomic E-state index is 12.1. The molecule has 0 radical (unpaired) electrons. The van der Waals surface area contributed by atoms with Crippen molar-refractivity contribution in [2.75, 3.05) is 32.8 Å². The Morgan fingerprint density at radius 1 is 1.28 bits per heavy atom. The van der Waals surface area contributed by atoms with Crippen LogP contribution in [0.4, 0.5) is 0 Å². The van der Waals surface area contributed by atoms with Crippen LogP contribution in [0, 0.1) is 0 Å². The average Bonchev–Trinajstić information content (AvgIpc) is 2.56. The van der Waals surface area contributed by atoms with Gasteiger partial charge in [0.2, 0.25) is 5.91 Å². The number of amides is 1. The fourth-order valence-electron chi connectivity index (χ4n) is 2.09. The molecule has 2 N–H and O–H groups in total. The lowest BCUT2D eigenvalue weighted by atomic mass is 10.1. The van der Waals surface area contributed by atoms with Gasteiger partial charge in [-0.1, -0.05) is 0 Å². The summed E-state index contributed by atoms with van der Waals surface area (Å²) in [6.45, 7) is 2.09. The van der Waals surface area contributed by atoms with Crippen molar-refractivity contribution in [1.82, 2.24) is 14.3 Å². The zero-order valence-electron chi connectivity index (χ0n) is 10.2. The van der Waals surface area contributed by atoms with Gasteiger partial charge < -0.3 is 10.1 Å². The Bertz CT molecular complexity index is 392. The van der Waals surface area contributed by atoms with E-state index in [0.29, 0.717) is 39.3 Å². The van der Waals surface area contributed by atoms with Crippen molar-refractivity contribution in [3.63, 3.8) is 0 Å². The van der Waals surface area contributed by atoms with Crippen LogP contribution < -0.4 is 10.0 Å². The van der Waals surface area contributed by atoms with E-state index in [9.17, 15) is 13.2 Å². The maximum atomic E-state index is 12.1. The molecule has 1 amide bonds. The summed E-state index contributed by atoms with van der Waals surface area (Å²) < 4.78 is 33.1. The number of nitrogens with one attached hydrogen (secondary N) is 2. The van der Waals surface area contributed by atoms with E-state index in [0.717, 1.165) is 12.8 Å². The number of hydrogen-bond acceptors (Lipinski definition) is 4. The molecule has 0 aromatic heterocycles. The molecule has 1 atom stereocenters. The first-order valence-electron chi connectivity index (χ1n) is 6.22. The van der Waals surface area contributed by atoms with E-state index >= 15 is 0 Å². The summed E-state index contributed by atoms with van der Waals surface area (Å²) >= 11 is 0. The Morgan fingerprint density at radius 3 is 2.72 bits per heavy atom. The lowest BCUT2D eigenvalue weighted by Gasteiger charge is -2.27. The summed E-state index contributed by atoms with van der Waals surface area (Å²) in [5.41, 5.74) is 0. The Kier molecular flexibility index (Phi) is 4.55. The number of nitrogens with zero attached hydrogens (tertiary/aromatic N) is 1. The molecular formula is C10H19N3O4S. The van der Waals surface area contributed by atoms with Crippen LogP contribution >= 0.6 is 0 Å². The zero-order valence-corrected chi connectivity index (χ0v) is 11.0. The first-order valence-corrected chi connectivity index (χ1v) is 7.66. The highest BCUT2D eigenvalue weighted by molar-refractivity contribution is 7.87. The number of rotatable bonds is 3. The van der Waals surface area contributed by atoms with Crippen molar-refractivity contribution >= 4 is 16.1 Å². The van der Waals surface area contributed by atoms with E-state index in [4.69, 9.17) is 4.74 Å². The van der Waals surface area contributed by atoms with Gasteiger partial charge in [-0.25, -0.2) is 0 Å². The molecule has 0 saturated carbocycles. The summed E-state index contributed by atoms with van der Waals surface area (Å²) in [5.74, 6) is -0.232. The van der Waals surface area contributed by atoms with Crippen LogP contribution in [0.15, 0.2) is 0 Å². The molecule has 104 valence electrons. The molecule has 2 saturated heterocycles. The van der Waals surface area contributed by atoms with E-state index in [1.54, 1.807) is 0 Å². The fourth-order valence-corrected chi connectivity index (χ4v) is 3.46. The monoisotopic (exact) mass is 277 g/mol. The number of carbonyl (C=O) groups excluding carboxylic acids is 1. The smallest absolute Gasteiger partial charge is 0.280 e. The van der Waals surface area contributed by atoms with Gasteiger partial charge in [0.05, 0.1) is 13.2 Å². The molecule has 0 aliphatic carbocycles. The van der Waals surface area contributed by atoms with Crippen LogP contribution in [0.1, 0.15) is 19.3 Å². The van der Waals surface area contributed by atoms with Gasteiger partial charge in [-0.05, 0) is 19.3 Å². The quantitative estimate of drug-likeness (QED) is 0.680. The van der Waals surface area contributed by atoms with Crippen molar-refractivity contribution in [2.24, 2.45) is 0 Å². The van der Waals surface area contributed by atoms with Crippen LogP contribution in [-0.4, -0.2) is 57.5 Å². The van der Waals surface area contributed by atoms with E-state index in [1.807, 2.05) is 0 Å². The lowest BCUT2D eigenvalue weighted by Crippen LogP contribution is -2.53. The summed E-state index contributed by atoms with van der Waals surface area (Å²) in [6, 6.07) is -0.652. The predicted molar refractivity (Wildman–Crippen MR) is 65.1 cm³/mol. The van der Waals surface area contributed by atoms with Gasteiger partial charge in [-0.3, -0.25) is 4.79 Å². The molecule has 2 fully saturated rings. The molecule has 0 aromatic carbocycles. The highest BCUT2D eigenvalue weighted by atomic mass is 32.2. The van der Waals surface area contributed by atoms with Crippen molar-refractivity contribution < 1.29 is 17.9 Å². The number of morpholine rings is 1. The third-order valence-corrected chi connectivity index (χ3v) is 4.76. The van der Waals surface area contributed by atoms with Gasteiger partial charge >= 0.3 is 0 Å². The highest BCUT2D eigenvalue weighted by Gasteiger charge is 2.30. The summed E-state index contributed by atoms with van der Waals surface area (Å²) in [5, 5.41) is 2.71. The second kappa shape index (κ2) is 5.96. The Morgan fingerprint density at radius 2 is 2.00 bits per heavy atom. The summed E-state index contributed by atoms with van der Waals surface area (Å²) in [4.78, 5) is 11.7. The molecule has 0 bridgehead atoms. The Balaban J connectivity index is 1.99. The van der Waals surface area contributed by atoms with Gasteiger partial charge in [0.25, 0.3) is 10.2 Å². The molecule has 18 heavy (non-hydrogen) atoms. The molecule has 1 unspecified atom stereocenters. The molecule has 8 heteroatoms. The number of ether oxygens (including phenoxy) is 1. The summed E-state index contributed by atoms with van der Waals surface area (Å²) in [6.07, 6.45) is 2.28. The van der Waals surface area contributed by atoms with E-state index in [1.165, 1.54) is 4.31 Å². The molecule has 0 aromatic rings. The molecule has 2 rings (SSSR count). The fraction of sp³-hybridized carbons (Fsp3) is 0.900. The average molecular weight is 277 g/mol. The van der Waals surface area contributed by atoms with E-state index in [2.05, 4.69) is 10.0 Å². The van der Waals surface area contributed by atoms with Crippen LogP contribution in [0.25, 0.3) is 0 Å². The first kappa shape index (κ1) is 13.7. The molecular weight excluding hydrogens is 258 g/mol. The third-order valence-electron chi connectivity index (χ3n) is 3.14. The van der Waals surface area contributed by atoms with E-state index in [-0.39, 0.29) is 5.91 Å². The van der Waals surface area contributed by atoms with Crippen LogP contribution in [0.3, 0.4) is 0 Å². The molecule has 0 spiro atoms. The second-order valence-corrected chi connectivity index (χ2v) is 6.18. The highest BCUT2D eigenvalue weighted by Crippen LogP contribution is 2.09. The lowest BCUT2D eigenvalue weighted by molar-refractivity contribution is -0.122.